The van der Waals surface area contributed by atoms with E-state index < -0.39 is 17.5 Å². The molecule has 1 saturated heterocycles. The number of aliphatic carboxylic acids is 1. The van der Waals surface area contributed by atoms with Crippen LogP contribution in [-0.2, 0) is 9.53 Å². The number of esters is 1. The molecule has 1 atom stereocenters. The average molecular weight is 279 g/mol. The summed E-state index contributed by atoms with van der Waals surface area (Å²) in [7, 11) is 1.26. The molecule has 2 rings (SSSR count). The molecule has 1 aliphatic heterocycles. The molecule has 20 heavy (non-hydrogen) atoms. The molecule has 0 spiro atoms. The number of carboxylic acid groups (broad SMARTS) is 1. The number of aromatic nitrogens is 2. The van der Waals surface area contributed by atoms with Gasteiger partial charge in [0.1, 0.15) is 11.4 Å². The van der Waals surface area contributed by atoms with Crippen LogP contribution in [0.1, 0.15) is 36.7 Å². The molecule has 1 unspecified atom stereocenters. The molecule has 0 bridgehead atoms. The second-order valence-corrected chi connectivity index (χ2v) is 4.70. The van der Waals surface area contributed by atoms with E-state index in [2.05, 4.69) is 14.7 Å². The zero-order chi connectivity index (χ0) is 14.8. The van der Waals surface area contributed by atoms with E-state index in [0.717, 1.165) is 6.42 Å². The van der Waals surface area contributed by atoms with Crippen LogP contribution in [0.5, 0.6) is 0 Å². The summed E-state index contributed by atoms with van der Waals surface area (Å²) in [6, 6.07) is 0. The number of carbonyl (C=O) groups is 2. The Morgan fingerprint density at radius 3 is 2.85 bits per heavy atom. The summed E-state index contributed by atoms with van der Waals surface area (Å²) < 4.78 is 4.60. The molecule has 1 aromatic rings. The van der Waals surface area contributed by atoms with Crippen LogP contribution in [0.4, 0.5) is 5.82 Å². The molecule has 7 nitrogen and oxygen atoms in total. The summed E-state index contributed by atoms with van der Waals surface area (Å²) >= 11 is 0. The van der Waals surface area contributed by atoms with Gasteiger partial charge >= 0.3 is 11.9 Å². The second kappa shape index (κ2) is 5.44. The molecule has 0 radical (unpaired) electrons. The number of methoxy groups -OCH3 is 1. The molecule has 1 aliphatic rings. The van der Waals surface area contributed by atoms with Gasteiger partial charge in [-0.05, 0) is 19.3 Å². The molecule has 108 valence electrons. The highest BCUT2D eigenvalue weighted by Gasteiger charge is 2.47. The molecule has 0 saturated carbocycles. The maximum Gasteiger partial charge on any atom is 0.358 e. The van der Waals surface area contributed by atoms with E-state index in [4.69, 9.17) is 0 Å². The van der Waals surface area contributed by atoms with Crippen LogP contribution in [0, 0.1) is 0 Å². The first-order valence-electron chi connectivity index (χ1n) is 6.46. The first-order chi connectivity index (χ1) is 9.55. The van der Waals surface area contributed by atoms with Crippen LogP contribution >= 0.6 is 0 Å². The predicted molar refractivity (Wildman–Crippen MR) is 70.6 cm³/mol. The minimum Gasteiger partial charge on any atom is -0.479 e. The molecule has 1 fully saturated rings. The molecule has 0 aliphatic carbocycles. The van der Waals surface area contributed by atoms with E-state index >= 15 is 0 Å². The fourth-order valence-corrected chi connectivity index (χ4v) is 2.64. The number of rotatable bonds is 4. The lowest BCUT2D eigenvalue weighted by Gasteiger charge is -2.34. The van der Waals surface area contributed by atoms with Crippen LogP contribution in [0.2, 0.25) is 0 Å². The van der Waals surface area contributed by atoms with Gasteiger partial charge < -0.3 is 14.7 Å². The Kier molecular flexibility index (Phi) is 3.87. The molecular weight excluding hydrogens is 262 g/mol. The van der Waals surface area contributed by atoms with E-state index in [1.807, 2.05) is 6.92 Å². The number of anilines is 1. The summed E-state index contributed by atoms with van der Waals surface area (Å²) in [5.41, 5.74) is -0.893. The maximum absolute atomic E-state index is 11.6. The maximum atomic E-state index is 11.6. The third-order valence-corrected chi connectivity index (χ3v) is 3.76. The monoisotopic (exact) mass is 279 g/mol. The van der Waals surface area contributed by atoms with Crippen LogP contribution in [-0.4, -0.2) is 46.2 Å². The number of ether oxygens (including phenoxy) is 1. The number of carboxylic acids is 1. The van der Waals surface area contributed by atoms with Gasteiger partial charge in [-0.25, -0.2) is 14.6 Å². The molecule has 1 N–H and O–H groups in total. The molecule has 2 heterocycles. The zero-order valence-electron chi connectivity index (χ0n) is 11.5. The summed E-state index contributed by atoms with van der Waals surface area (Å²) in [4.78, 5) is 33.0. The highest BCUT2D eigenvalue weighted by atomic mass is 16.5. The number of carbonyl (C=O) groups excluding carboxylic acids is 1. The topological polar surface area (TPSA) is 92.6 Å². The van der Waals surface area contributed by atoms with Gasteiger partial charge in [-0.15, -0.1) is 0 Å². The quantitative estimate of drug-likeness (QED) is 0.825. The standard InChI is InChI=1S/C13H17N3O4/c1-3-13(12(18)19)5-4-6-16(13)10-8-14-7-9(15-10)11(17)20-2/h7-8H,3-6H2,1-2H3,(H,18,19). The Labute approximate surface area is 116 Å². The molecule has 0 aromatic carbocycles. The van der Waals surface area contributed by atoms with E-state index in [0.29, 0.717) is 25.2 Å². The summed E-state index contributed by atoms with van der Waals surface area (Å²) in [5.74, 6) is -1.06. The van der Waals surface area contributed by atoms with Gasteiger partial charge in [-0.1, -0.05) is 6.92 Å². The van der Waals surface area contributed by atoms with Crippen molar-refractivity contribution in [1.29, 1.82) is 0 Å². The highest BCUT2D eigenvalue weighted by Crippen LogP contribution is 2.35. The normalized spacial score (nSPS) is 21.8. The first-order valence-corrected chi connectivity index (χ1v) is 6.46. The SMILES string of the molecule is CCC1(C(=O)O)CCCN1c1cncc(C(=O)OC)n1. The molecular formula is C13H17N3O4. The lowest BCUT2D eigenvalue weighted by atomic mass is 9.93. The van der Waals surface area contributed by atoms with Crippen molar-refractivity contribution in [2.24, 2.45) is 0 Å². The average Bonchev–Trinajstić information content (AvgIpc) is 2.91. The Morgan fingerprint density at radius 2 is 2.25 bits per heavy atom. The Bertz CT molecular complexity index is 534. The van der Waals surface area contributed by atoms with Crippen molar-refractivity contribution >= 4 is 17.8 Å². The Morgan fingerprint density at radius 1 is 1.50 bits per heavy atom. The van der Waals surface area contributed by atoms with Crippen LogP contribution in [0.3, 0.4) is 0 Å². The van der Waals surface area contributed by atoms with Gasteiger partial charge in [0.15, 0.2) is 5.69 Å². The minimum atomic E-state index is -0.969. The lowest BCUT2D eigenvalue weighted by molar-refractivity contribution is -0.143. The van der Waals surface area contributed by atoms with E-state index in [1.54, 1.807) is 4.90 Å². The summed E-state index contributed by atoms with van der Waals surface area (Å²) in [6.45, 7) is 2.42. The van der Waals surface area contributed by atoms with Gasteiger partial charge in [-0.2, -0.15) is 0 Å². The lowest BCUT2D eigenvalue weighted by Crippen LogP contribution is -2.50. The van der Waals surface area contributed by atoms with E-state index in [1.165, 1.54) is 19.5 Å². The number of hydrogen-bond acceptors (Lipinski definition) is 6. The number of nitrogens with zero attached hydrogens (tertiary/aromatic N) is 3. The first kappa shape index (κ1) is 14.2. The van der Waals surface area contributed by atoms with Gasteiger partial charge in [0.05, 0.1) is 19.5 Å². The van der Waals surface area contributed by atoms with Crippen LogP contribution in [0.25, 0.3) is 0 Å². The van der Waals surface area contributed by atoms with Crippen LogP contribution in [0.15, 0.2) is 12.4 Å². The van der Waals surface area contributed by atoms with Crippen molar-refractivity contribution in [1.82, 2.24) is 9.97 Å². The van der Waals surface area contributed by atoms with E-state index in [9.17, 15) is 14.7 Å². The summed E-state index contributed by atoms with van der Waals surface area (Å²) in [6.07, 6.45) is 4.57. The predicted octanol–water partition coefficient (Wildman–Crippen LogP) is 1.10. The van der Waals surface area contributed by atoms with Crippen molar-refractivity contribution in [2.75, 3.05) is 18.6 Å². The van der Waals surface area contributed by atoms with Crippen LogP contribution < -0.4 is 4.90 Å². The largest absolute Gasteiger partial charge is 0.479 e. The Balaban J connectivity index is 2.40. The minimum absolute atomic E-state index is 0.0762. The van der Waals surface area contributed by atoms with Crippen molar-refractivity contribution in [3.8, 4) is 0 Å². The van der Waals surface area contributed by atoms with Crippen molar-refractivity contribution < 1.29 is 19.4 Å². The molecule has 1 aromatic heterocycles. The van der Waals surface area contributed by atoms with Gasteiger partial charge in [0, 0.05) is 6.54 Å². The fraction of sp³-hybridized carbons (Fsp3) is 0.538. The smallest absolute Gasteiger partial charge is 0.358 e. The molecule has 7 heteroatoms. The fourth-order valence-electron chi connectivity index (χ4n) is 2.64. The zero-order valence-corrected chi connectivity index (χ0v) is 11.5. The second-order valence-electron chi connectivity index (χ2n) is 4.70. The van der Waals surface area contributed by atoms with Gasteiger partial charge in [-0.3, -0.25) is 4.98 Å². The van der Waals surface area contributed by atoms with Gasteiger partial charge in [0.2, 0.25) is 0 Å². The van der Waals surface area contributed by atoms with Gasteiger partial charge in [0.25, 0.3) is 0 Å². The van der Waals surface area contributed by atoms with Crippen molar-refractivity contribution in [3.63, 3.8) is 0 Å². The Hall–Kier alpha value is -2.18. The third kappa shape index (κ3) is 2.19. The van der Waals surface area contributed by atoms with Crippen molar-refractivity contribution in [3.05, 3.63) is 18.1 Å². The molecule has 0 amide bonds. The third-order valence-electron chi connectivity index (χ3n) is 3.76. The summed E-state index contributed by atoms with van der Waals surface area (Å²) in [5, 5.41) is 9.54. The highest BCUT2D eigenvalue weighted by molar-refractivity contribution is 5.88. The van der Waals surface area contributed by atoms with E-state index in [-0.39, 0.29) is 5.69 Å². The van der Waals surface area contributed by atoms with Crippen molar-refractivity contribution in [2.45, 2.75) is 31.7 Å². The number of hydrogen-bond donors (Lipinski definition) is 1.